The average molecular weight is 488 g/mol. The quantitative estimate of drug-likeness (QED) is 0.252. The van der Waals surface area contributed by atoms with Crippen LogP contribution in [-0.2, 0) is 9.53 Å². The first-order valence-electron chi connectivity index (χ1n) is 7.16. The van der Waals surface area contributed by atoms with E-state index < -0.39 is 0 Å². The van der Waals surface area contributed by atoms with Gasteiger partial charge in [-0.15, -0.1) is 23.5 Å². The molecule has 0 spiro atoms. The molecule has 0 fully saturated rings. The number of thioether (sulfide) groups is 2. The molecule has 2 aromatic rings. The van der Waals surface area contributed by atoms with Crippen LogP contribution in [0.3, 0.4) is 0 Å². The molecule has 0 saturated heterocycles. The highest BCUT2D eigenvalue weighted by molar-refractivity contribution is 9.10. The van der Waals surface area contributed by atoms with Crippen LogP contribution in [-0.4, -0.2) is 23.6 Å². The van der Waals surface area contributed by atoms with Crippen molar-refractivity contribution in [1.82, 2.24) is 0 Å². The van der Waals surface area contributed by atoms with Gasteiger partial charge in [0.2, 0.25) is 0 Å². The summed E-state index contributed by atoms with van der Waals surface area (Å²) in [5, 5.41) is 0. The van der Waals surface area contributed by atoms with Gasteiger partial charge in [-0.1, -0.05) is 50.6 Å². The third kappa shape index (κ3) is 7.05. The van der Waals surface area contributed by atoms with Crippen LogP contribution in [0, 0.1) is 0 Å². The van der Waals surface area contributed by atoms with E-state index in [1.54, 1.807) is 23.5 Å². The fourth-order valence-corrected chi connectivity index (χ4v) is 4.97. The molecule has 0 atom stereocenters. The molecule has 0 heterocycles. The molecular formula is C18H16Br2O2S2. The Kier molecular flexibility index (Phi) is 8.45. The Bertz CT molecular complexity index is 657. The summed E-state index contributed by atoms with van der Waals surface area (Å²) in [6, 6.07) is 16.2. The van der Waals surface area contributed by atoms with Gasteiger partial charge in [-0.3, -0.25) is 0 Å². The van der Waals surface area contributed by atoms with Gasteiger partial charge < -0.3 is 4.74 Å². The molecule has 0 aliphatic heterocycles. The van der Waals surface area contributed by atoms with Crippen molar-refractivity contribution in [2.24, 2.45) is 0 Å². The molecule has 0 N–H and O–H groups in total. The number of hydrogen-bond donors (Lipinski definition) is 0. The lowest BCUT2D eigenvalue weighted by Crippen LogP contribution is -2.22. The lowest BCUT2D eigenvalue weighted by molar-refractivity contribution is -0.140. The predicted octanol–water partition coefficient (Wildman–Crippen LogP) is 6.19. The summed E-state index contributed by atoms with van der Waals surface area (Å²) in [6.45, 7) is 3.47. The van der Waals surface area contributed by atoms with Crippen LogP contribution < -0.4 is 0 Å². The Labute approximate surface area is 167 Å². The highest BCUT2D eigenvalue weighted by Gasteiger charge is 2.14. The van der Waals surface area contributed by atoms with E-state index in [2.05, 4.69) is 50.6 Å². The Morgan fingerprint density at radius 1 is 1.04 bits per heavy atom. The molecule has 2 aromatic carbocycles. The zero-order valence-corrected chi connectivity index (χ0v) is 17.6. The smallest absolute Gasteiger partial charge is 0.330 e. The van der Waals surface area contributed by atoms with Crippen LogP contribution in [0.15, 0.2) is 79.9 Å². The molecule has 0 aliphatic rings. The maximum Gasteiger partial charge on any atom is 0.330 e. The number of ether oxygens (including phenoxy) is 1. The fraction of sp³-hybridized carbons (Fsp3) is 0.167. The third-order valence-electron chi connectivity index (χ3n) is 2.91. The highest BCUT2D eigenvalue weighted by Crippen LogP contribution is 2.27. The van der Waals surface area contributed by atoms with Crippen molar-refractivity contribution in [3.05, 3.63) is 70.1 Å². The Hall–Kier alpha value is -0.690. The van der Waals surface area contributed by atoms with Gasteiger partial charge in [0.25, 0.3) is 0 Å². The topological polar surface area (TPSA) is 26.3 Å². The normalized spacial score (nSPS) is 10.6. The fourth-order valence-electron chi connectivity index (χ4n) is 1.82. The van der Waals surface area contributed by atoms with Crippen molar-refractivity contribution in [2.45, 2.75) is 15.9 Å². The Morgan fingerprint density at radius 3 is 1.96 bits per heavy atom. The molecule has 0 bridgehead atoms. The third-order valence-corrected chi connectivity index (χ3v) is 6.15. The van der Waals surface area contributed by atoms with E-state index in [1.807, 2.05) is 36.4 Å². The summed E-state index contributed by atoms with van der Waals surface area (Å²) in [5.74, 6) is 0.998. The van der Waals surface area contributed by atoms with Gasteiger partial charge >= 0.3 is 5.97 Å². The lowest BCUT2D eigenvalue weighted by atomic mass is 10.4. The second kappa shape index (κ2) is 10.3. The van der Waals surface area contributed by atoms with Crippen molar-refractivity contribution in [3.63, 3.8) is 0 Å². The van der Waals surface area contributed by atoms with Crippen molar-refractivity contribution in [3.8, 4) is 0 Å². The maximum absolute atomic E-state index is 11.6. The van der Waals surface area contributed by atoms with Crippen LogP contribution in [0.2, 0.25) is 0 Å². The van der Waals surface area contributed by atoms with Gasteiger partial charge in [-0.25, -0.2) is 4.79 Å². The molecule has 2 nitrogen and oxygen atoms in total. The molecule has 6 heteroatoms. The zero-order valence-electron chi connectivity index (χ0n) is 12.8. The van der Waals surface area contributed by atoms with Crippen molar-refractivity contribution >= 4 is 61.4 Å². The summed E-state index contributed by atoms with van der Waals surface area (Å²) < 4.78 is 7.56. The van der Waals surface area contributed by atoms with Crippen molar-refractivity contribution < 1.29 is 9.53 Å². The summed E-state index contributed by atoms with van der Waals surface area (Å²) in [5.41, 5.74) is 0. The first-order chi connectivity index (χ1) is 11.6. The minimum absolute atomic E-state index is 0.191. The van der Waals surface area contributed by atoms with Gasteiger partial charge in [-0.2, -0.15) is 0 Å². The SMILES string of the molecule is C=CC(=O)OC(CSc1cccc(Br)c1)CSc1cccc(Br)c1. The predicted molar refractivity (Wildman–Crippen MR) is 110 cm³/mol. The molecule has 0 aromatic heterocycles. The largest absolute Gasteiger partial charge is 0.457 e. The van der Waals surface area contributed by atoms with Gasteiger partial charge in [0, 0.05) is 36.3 Å². The number of carbonyl (C=O) groups excluding carboxylic acids is 1. The number of carbonyl (C=O) groups is 1. The van der Waals surface area contributed by atoms with Gasteiger partial charge in [0.1, 0.15) is 6.10 Å². The molecule has 0 aliphatic carbocycles. The van der Waals surface area contributed by atoms with E-state index in [0.717, 1.165) is 18.7 Å². The van der Waals surface area contributed by atoms with Crippen molar-refractivity contribution in [1.29, 1.82) is 0 Å². The first kappa shape index (κ1) is 19.6. The molecule has 2 rings (SSSR count). The van der Waals surface area contributed by atoms with Crippen molar-refractivity contribution in [2.75, 3.05) is 11.5 Å². The highest BCUT2D eigenvalue weighted by atomic mass is 79.9. The number of hydrogen-bond acceptors (Lipinski definition) is 4. The summed E-state index contributed by atoms with van der Waals surface area (Å²) in [4.78, 5) is 13.9. The Balaban J connectivity index is 1.95. The number of esters is 1. The van der Waals surface area contributed by atoms with E-state index in [-0.39, 0.29) is 12.1 Å². The van der Waals surface area contributed by atoms with E-state index in [0.29, 0.717) is 11.5 Å². The second-order valence-corrected chi connectivity index (χ2v) is 8.82. The molecule has 0 amide bonds. The summed E-state index contributed by atoms with van der Waals surface area (Å²) in [6.07, 6.45) is 1.02. The minimum Gasteiger partial charge on any atom is -0.457 e. The second-order valence-electron chi connectivity index (χ2n) is 4.80. The minimum atomic E-state index is -0.385. The monoisotopic (exact) mass is 486 g/mol. The number of benzene rings is 2. The Morgan fingerprint density at radius 2 is 1.54 bits per heavy atom. The molecule has 0 unspecified atom stereocenters. The number of halogens is 2. The lowest BCUT2D eigenvalue weighted by Gasteiger charge is -2.16. The molecule has 24 heavy (non-hydrogen) atoms. The van der Waals surface area contributed by atoms with E-state index >= 15 is 0 Å². The number of rotatable bonds is 8. The summed E-state index contributed by atoms with van der Waals surface area (Å²) in [7, 11) is 0. The molecule has 0 radical (unpaired) electrons. The van der Waals surface area contributed by atoms with Crippen LogP contribution in [0.1, 0.15) is 0 Å². The van der Waals surface area contributed by atoms with Crippen LogP contribution >= 0.6 is 55.4 Å². The molecular weight excluding hydrogens is 472 g/mol. The maximum atomic E-state index is 11.6. The molecule has 126 valence electrons. The van der Waals surface area contributed by atoms with E-state index in [4.69, 9.17) is 4.74 Å². The van der Waals surface area contributed by atoms with Gasteiger partial charge in [0.15, 0.2) is 0 Å². The first-order valence-corrected chi connectivity index (χ1v) is 10.7. The van der Waals surface area contributed by atoms with E-state index in [1.165, 1.54) is 6.08 Å². The van der Waals surface area contributed by atoms with Gasteiger partial charge in [0.05, 0.1) is 0 Å². The standard InChI is InChI=1S/C18H16Br2O2S2/c1-2-18(21)22-15(11-23-16-7-3-5-13(19)9-16)12-24-17-8-4-6-14(20)10-17/h2-10,15H,1,11-12H2. The van der Waals surface area contributed by atoms with Crippen LogP contribution in [0.4, 0.5) is 0 Å². The van der Waals surface area contributed by atoms with Crippen LogP contribution in [0.25, 0.3) is 0 Å². The van der Waals surface area contributed by atoms with E-state index in [9.17, 15) is 4.79 Å². The molecule has 0 saturated carbocycles. The average Bonchev–Trinajstić information content (AvgIpc) is 2.57. The van der Waals surface area contributed by atoms with Gasteiger partial charge in [-0.05, 0) is 36.4 Å². The summed E-state index contributed by atoms with van der Waals surface area (Å²) >= 11 is 10.3. The van der Waals surface area contributed by atoms with Crippen LogP contribution in [0.5, 0.6) is 0 Å². The zero-order chi connectivity index (χ0) is 17.4.